The van der Waals surface area contributed by atoms with Gasteiger partial charge in [-0.2, -0.15) is 0 Å². The van der Waals surface area contributed by atoms with E-state index in [4.69, 9.17) is 0 Å². The van der Waals surface area contributed by atoms with Gasteiger partial charge in [0.2, 0.25) is 0 Å². The summed E-state index contributed by atoms with van der Waals surface area (Å²) in [5, 5.41) is 3.67. The molecule has 0 amide bonds. The first-order chi connectivity index (χ1) is 11.7. The zero-order valence-corrected chi connectivity index (χ0v) is 13.2. The molecule has 1 saturated heterocycles. The molecule has 1 aliphatic rings. The molecule has 122 valence electrons. The number of pyridine rings is 1. The first kappa shape index (κ1) is 14.9. The molecular weight excluding hydrogens is 305 g/mol. The molecule has 1 aromatic heterocycles. The minimum absolute atomic E-state index is 0.164. The molecule has 1 N–H and O–H groups in total. The smallest absolute Gasteiger partial charge is 0.189 e. The second-order valence-corrected chi connectivity index (χ2v) is 5.94. The maximum Gasteiger partial charge on any atom is 0.189 e. The lowest BCUT2D eigenvalue weighted by Crippen LogP contribution is -2.43. The van der Waals surface area contributed by atoms with E-state index in [1.807, 2.05) is 39.8 Å². The van der Waals surface area contributed by atoms with E-state index in [2.05, 4.69) is 5.32 Å². The second kappa shape index (κ2) is 6.09. The third-order valence-electron chi connectivity index (χ3n) is 4.46. The van der Waals surface area contributed by atoms with Crippen LogP contribution in [0.1, 0.15) is 0 Å². The predicted molar refractivity (Wildman–Crippen MR) is 94.6 cm³/mol. The van der Waals surface area contributed by atoms with Gasteiger partial charge in [0.1, 0.15) is 5.82 Å². The van der Waals surface area contributed by atoms with Crippen LogP contribution in [0.25, 0.3) is 16.6 Å². The first-order valence-corrected chi connectivity index (χ1v) is 8.10. The maximum absolute atomic E-state index is 14.6. The number of hydrogen-bond acceptors (Lipinski definition) is 3. The lowest BCUT2D eigenvalue weighted by atomic mass is 10.1. The highest BCUT2D eigenvalue weighted by atomic mass is 19.1. The largest absolute Gasteiger partial charge is 0.367 e. The highest BCUT2D eigenvalue weighted by molar-refractivity contribution is 5.84. The molecule has 0 radical (unpaired) electrons. The van der Waals surface area contributed by atoms with Gasteiger partial charge in [0.05, 0.1) is 11.2 Å². The zero-order valence-electron chi connectivity index (χ0n) is 13.2. The van der Waals surface area contributed by atoms with E-state index in [9.17, 15) is 9.18 Å². The van der Waals surface area contributed by atoms with Crippen molar-refractivity contribution >= 4 is 16.6 Å². The number of hydrogen-bond donors (Lipinski definition) is 1. The van der Waals surface area contributed by atoms with Gasteiger partial charge in [-0.3, -0.25) is 4.79 Å². The van der Waals surface area contributed by atoms with E-state index in [1.165, 1.54) is 12.1 Å². The van der Waals surface area contributed by atoms with Gasteiger partial charge in [-0.05, 0) is 24.3 Å². The number of nitrogens with zero attached hydrogens (tertiary/aromatic N) is 2. The Morgan fingerprint density at radius 1 is 1.00 bits per heavy atom. The van der Waals surface area contributed by atoms with Gasteiger partial charge in [0, 0.05) is 49.5 Å². The SMILES string of the molecule is O=c1ccn(-c2ccccc2)c2cc(N3CCNCC3)c(F)cc12. The number of para-hydroxylation sites is 1. The van der Waals surface area contributed by atoms with Crippen molar-refractivity contribution in [2.75, 3.05) is 31.1 Å². The summed E-state index contributed by atoms with van der Waals surface area (Å²) < 4.78 is 16.5. The summed E-state index contributed by atoms with van der Waals surface area (Å²) in [5.74, 6) is -0.340. The fourth-order valence-corrected chi connectivity index (χ4v) is 3.22. The molecule has 4 rings (SSSR count). The minimum Gasteiger partial charge on any atom is -0.367 e. The summed E-state index contributed by atoms with van der Waals surface area (Å²) in [5.41, 5.74) is 2.06. The zero-order chi connectivity index (χ0) is 16.5. The predicted octanol–water partition coefficient (Wildman–Crippen LogP) is 2.54. The summed E-state index contributed by atoms with van der Waals surface area (Å²) in [6.07, 6.45) is 1.75. The number of halogens is 1. The summed E-state index contributed by atoms with van der Waals surface area (Å²) >= 11 is 0. The van der Waals surface area contributed by atoms with Crippen LogP contribution in [-0.2, 0) is 0 Å². The molecule has 0 unspecified atom stereocenters. The molecule has 0 spiro atoms. The van der Waals surface area contributed by atoms with E-state index in [-0.39, 0.29) is 11.2 Å². The van der Waals surface area contributed by atoms with Crippen LogP contribution < -0.4 is 15.6 Å². The Morgan fingerprint density at radius 2 is 1.75 bits per heavy atom. The van der Waals surface area contributed by atoms with Crippen molar-refractivity contribution in [2.45, 2.75) is 0 Å². The van der Waals surface area contributed by atoms with Crippen molar-refractivity contribution in [3.05, 3.63) is 70.8 Å². The van der Waals surface area contributed by atoms with Crippen LogP contribution in [0, 0.1) is 5.82 Å². The monoisotopic (exact) mass is 323 g/mol. The maximum atomic E-state index is 14.6. The molecular formula is C19H18FN3O. The standard InChI is InChI=1S/C19H18FN3O/c20-16-12-15-17(13-18(16)22-10-7-21-8-11-22)23(9-6-19(15)24)14-4-2-1-3-5-14/h1-6,9,12-13,21H,7-8,10-11H2. The highest BCUT2D eigenvalue weighted by Gasteiger charge is 2.17. The van der Waals surface area contributed by atoms with Crippen LogP contribution in [0.3, 0.4) is 0 Å². The van der Waals surface area contributed by atoms with Gasteiger partial charge < -0.3 is 14.8 Å². The molecule has 1 aliphatic heterocycles. The van der Waals surface area contributed by atoms with Crippen LogP contribution in [0.2, 0.25) is 0 Å². The molecule has 0 aliphatic carbocycles. The second-order valence-electron chi connectivity index (χ2n) is 5.94. The molecule has 24 heavy (non-hydrogen) atoms. The minimum atomic E-state index is -0.340. The molecule has 3 aromatic rings. The molecule has 4 nitrogen and oxygen atoms in total. The van der Waals surface area contributed by atoms with E-state index in [1.54, 1.807) is 12.3 Å². The number of anilines is 1. The van der Waals surface area contributed by atoms with Crippen LogP contribution in [0.4, 0.5) is 10.1 Å². The van der Waals surface area contributed by atoms with Crippen LogP contribution in [-0.4, -0.2) is 30.7 Å². The summed E-state index contributed by atoms with van der Waals surface area (Å²) in [6, 6.07) is 14.4. The lowest BCUT2D eigenvalue weighted by molar-refractivity contribution is 0.567. The molecule has 0 saturated carbocycles. The highest BCUT2D eigenvalue weighted by Crippen LogP contribution is 2.26. The van der Waals surface area contributed by atoms with Gasteiger partial charge in [-0.1, -0.05) is 18.2 Å². The van der Waals surface area contributed by atoms with Crippen LogP contribution in [0.5, 0.6) is 0 Å². The van der Waals surface area contributed by atoms with Crippen LogP contribution in [0.15, 0.2) is 59.5 Å². The summed E-state index contributed by atoms with van der Waals surface area (Å²) in [7, 11) is 0. The Morgan fingerprint density at radius 3 is 2.50 bits per heavy atom. The fraction of sp³-hybridized carbons (Fsp3) is 0.211. The topological polar surface area (TPSA) is 37.3 Å². The number of nitrogens with one attached hydrogen (secondary N) is 1. The molecule has 5 heteroatoms. The number of piperazine rings is 1. The van der Waals surface area contributed by atoms with Crippen molar-refractivity contribution in [2.24, 2.45) is 0 Å². The van der Waals surface area contributed by atoms with Crippen molar-refractivity contribution in [1.82, 2.24) is 9.88 Å². The molecule has 2 aromatic carbocycles. The van der Waals surface area contributed by atoms with Gasteiger partial charge in [0.25, 0.3) is 0 Å². The summed E-state index contributed by atoms with van der Waals surface area (Å²) in [6.45, 7) is 3.17. The number of rotatable bonds is 2. The number of benzene rings is 2. The van der Waals surface area contributed by atoms with E-state index < -0.39 is 0 Å². The Bertz CT molecular complexity index is 930. The van der Waals surface area contributed by atoms with E-state index in [0.717, 1.165) is 37.4 Å². The Balaban J connectivity index is 1.94. The van der Waals surface area contributed by atoms with Gasteiger partial charge >= 0.3 is 0 Å². The summed E-state index contributed by atoms with van der Waals surface area (Å²) in [4.78, 5) is 14.2. The van der Waals surface area contributed by atoms with Crippen molar-refractivity contribution in [3.8, 4) is 5.69 Å². The van der Waals surface area contributed by atoms with Gasteiger partial charge in [-0.15, -0.1) is 0 Å². The molecule has 1 fully saturated rings. The average Bonchev–Trinajstić information content (AvgIpc) is 2.63. The first-order valence-electron chi connectivity index (χ1n) is 8.10. The Kier molecular flexibility index (Phi) is 3.78. The molecule has 2 heterocycles. The average molecular weight is 323 g/mol. The van der Waals surface area contributed by atoms with Gasteiger partial charge in [0.15, 0.2) is 5.43 Å². The van der Waals surface area contributed by atoms with Crippen molar-refractivity contribution in [1.29, 1.82) is 0 Å². The lowest BCUT2D eigenvalue weighted by Gasteiger charge is -2.30. The Labute approximate surface area is 139 Å². The number of aromatic nitrogens is 1. The molecule has 0 bridgehead atoms. The normalized spacial score (nSPS) is 15.0. The fourth-order valence-electron chi connectivity index (χ4n) is 3.22. The van der Waals surface area contributed by atoms with Crippen molar-refractivity contribution in [3.63, 3.8) is 0 Å². The number of fused-ring (bicyclic) bond motifs is 1. The van der Waals surface area contributed by atoms with Crippen LogP contribution >= 0.6 is 0 Å². The van der Waals surface area contributed by atoms with Gasteiger partial charge in [-0.25, -0.2) is 4.39 Å². The third-order valence-corrected chi connectivity index (χ3v) is 4.46. The quantitative estimate of drug-likeness (QED) is 0.787. The Hall–Kier alpha value is -2.66. The van der Waals surface area contributed by atoms with E-state index >= 15 is 0 Å². The van der Waals surface area contributed by atoms with E-state index in [0.29, 0.717) is 11.1 Å². The van der Waals surface area contributed by atoms with Crippen molar-refractivity contribution < 1.29 is 4.39 Å². The third kappa shape index (κ3) is 2.57. The molecule has 0 atom stereocenters.